The smallest absolute Gasteiger partial charge is 0.0951 e. The monoisotopic (exact) mass is 219 g/mol. The van der Waals surface area contributed by atoms with E-state index < -0.39 is 0 Å². The minimum atomic E-state index is 0.634. The van der Waals surface area contributed by atoms with Gasteiger partial charge in [-0.2, -0.15) is 0 Å². The normalized spacial score (nSPS) is 24.4. The molecule has 0 aromatic carbocycles. The van der Waals surface area contributed by atoms with E-state index in [0.29, 0.717) is 5.92 Å². The van der Waals surface area contributed by atoms with Gasteiger partial charge in [-0.15, -0.1) is 0 Å². The predicted octanol–water partition coefficient (Wildman–Crippen LogP) is 2.06. The lowest BCUT2D eigenvalue weighted by atomic mass is 9.87. The molecule has 0 spiro atoms. The topological polar surface area (TPSA) is 43.8 Å². The summed E-state index contributed by atoms with van der Waals surface area (Å²) in [4.78, 5) is 4.64. The van der Waals surface area contributed by atoms with E-state index in [1.807, 2.05) is 0 Å². The van der Waals surface area contributed by atoms with Crippen LogP contribution in [0.25, 0.3) is 0 Å². The SMILES string of the molecule is NCC[C@@H]1CCCc2c1ncn2CC1CC1. The highest BCUT2D eigenvalue weighted by atomic mass is 15.1. The molecule has 3 nitrogen and oxygen atoms in total. The lowest BCUT2D eigenvalue weighted by Gasteiger charge is -2.22. The lowest BCUT2D eigenvalue weighted by Crippen LogP contribution is -2.16. The fraction of sp³-hybridized carbons (Fsp3) is 0.769. The van der Waals surface area contributed by atoms with Crippen LogP contribution < -0.4 is 5.73 Å². The molecule has 0 saturated heterocycles. The van der Waals surface area contributed by atoms with Gasteiger partial charge in [0.05, 0.1) is 12.0 Å². The predicted molar refractivity (Wildman–Crippen MR) is 64.3 cm³/mol. The number of hydrogen-bond acceptors (Lipinski definition) is 2. The van der Waals surface area contributed by atoms with Crippen molar-refractivity contribution in [2.75, 3.05) is 6.54 Å². The molecule has 88 valence electrons. The fourth-order valence-electron chi connectivity index (χ4n) is 2.91. The van der Waals surface area contributed by atoms with E-state index in [0.717, 1.165) is 18.9 Å². The number of hydrogen-bond donors (Lipinski definition) is 1. The van der Waals surface area contributed by atoms with Crippen LogP contribution in [0.2, 0.25) is 0 Å². The fourth-order valence-corrected chi connectivity index (χ4v) is 2.91. The molecule has 16 heavy (non-hydrogen) atoms. The lowest BCUT2D eigenvalue weighted by molar-refractivity contribution is 0.494. The molecule has 0 unspecified atom stereocenters. The van der Waals surface area contributed by atoms with Crippen molar-refractivity contribution in [1.82, 2.24) is 9.55 Å². The maximum atomic E-state index is 5.68. The number of nitrogens with zero attached hydrogens (tertiary/aromatic N) is 2. The Morgan fingerprint density at radius 3 is 3.00 bits per heavy atom. The number of aromatic nitrogens is 2. The third kappa shape index (κ3) is 1.88. The Bertz CT molecular complexity index is 365. The second-order valence-electron chi connectivity index (χ2n) is 5.34. The standard InChI is InChI=1S/C13H21N3/c14-7-6-11-2-1-3-12-13(11)15-9-16(12)8-10-4-5-10/h9-11H,1-8,14H2/t11-/m0/s1. The van der Waals surface area contributed by atoms with E-state index in [1.165, 1.54) is 50.0 Å². The zero-order valence-electron chi connectivity index (χ0n) is 9.86. The Morgan fingerprint density at radius 2 is 2.25 bits per heavy atom. The molecule has 3 heteroatoms. The zero-order chi connectivity index (χ0) is 11.0. The molecule has 0 amide bonds. The van der Waals surface area contributed by atoms with Crippen LogP contribution in [0.5, 0.6) is 0 Å². The summed E-state index contributed by atoms with van der Waals surface area (Å²) in [6.07, 6.45) is 9.82. The van der Waals surface area contributed by atoms with Gasteiger partial charge in [0.2, 0.25) is 0 Å². The summed E-state index contributed by atoms with van der Waals surface area (Å²) in [5.41, 5.74) is 8.55. The van der Waals surface area contributed by atoms with E-state index in [9.17, 15) is 0 Å². The van der Waals surface area contributed by atoms with Gasteiger partial charge in [0, 0.05) is 18.2 Å². The summed E-state index contributed by atoms with van der Waals surface area (Å²) >= 11 is 0. The molecule has 0 radical (unpaired) electrons. The summed E-state index contributed by atoms with van der Waals surface area (Å²) in [5.74, 6) is 1.57. The molecule has 1 atom stereocenters. The second-order valence-corrected chi connectivity index (χ2v) is 5.34. The molecule has 3 rings (SSSR count). The van der Waals surface area contributed by atoms with Crippen molar-refractivity contribution in [1.29, 1.82) is 0 Å². The van der Waals surface area contributed by atoms with Gasteiger partial charge in [-0.3, -0.25) is 0 Å². The van der Waals surface area contributed by atoms with Gasteiger partial charge in [-0.05, 0) is 51.0 Å². The van der Waals surface area contributed by atoms with Crippen molar-refractivity contribution in [2.24, 2.45) is 11.7 Å². The van der Waals surface area contributed by atoms with Crippen molar-refractivity contribution in [2.45, 2.75) is 51.0 Å². The molecule has 2 N–H and O–H groups in total. The van der Waals surface area contributed by atoms with Crippen molar-refractivity contribution >= 4 is 0 Å². The number of rotatable bonds is 4. The summed E-state index contributed by atoms with van der Waals surface area (Å²) in [5, 5.41) is 0. The Labute approximate surface area is 97.0 Å². The van der Waals surface area contributed by atoms with Gasteiger partial charge in [0.25, 0.3) is 0 Å². The highest BCUT2D eigenvalue weighted by Gasteiger charge is 2.27. The van der Waals surface area contributed by atoms with Crippen LogP contribution in [0, 0.1) is 5.92 Å². The zero-order valence-corrected chi connectivity index (χ0v) is 9.86. The van der Waals surface area contributed by atoms with Crippen LogP contribution in [-0.4, -0.2) is 16.1 Å². The van der Waals surface area contributed by atoms with E-state index in [2.05, 4.69) is 15.9 Å². The number of nitrogens with two attached hydrogens (primary N) is 1. The summed E-state index contributed by atoms with van der Waals surface area (Å²) in [6.45, 7) is 2.00. The van der Waals surface area contributed by atoms with Gasteiger partial charge in [0.1, 0.15) is 0 Å². The molecule has 0 bridgehead atoms. The highest BCUT2D eigenvalue weighted by Crippen LogP contribution is 2.35. The maximum absolute atomic E-state index is 5.68. The first-order chi connectivity index (χ1) is 7.88. The Balaban J connectivity index is 1.82. The first-order valence-corrected chi connectivity index (χ1v) is 6.62. The molecule has 0 aliphatic heterocycles. The van der Waals surface area contributed by atoms with Gasteiger partial charge in [-0.25, -0.2) is 4.98 Å². The minimum absolute atomic E-state index is 0.634. The van der Waals surface area contributed by atoms with E-state index in [4.69, 9.17) is 5.73 Å². The summed E-state index contributed by atoms with van der Waals surface area (Å²) in [7, 11) is 0. The van der Waals surface area contributed by atoms with Crippen LogP contribution in [-0.2, 0) is 13.0 Å². The van der Waals surface area contributed by atoms with Crippen molar-refractivity contribution in [3.8, 4) is 0 Å². The van der Waals surface area contributed by atoms with Crippen LogP contribution in [0.3, 0.4) is 0 Å². The molecular formula is C13H21N3. The molecule has 2 aliphatic carbocycles. The molecule has 1 heterocycles. The Kier molecular flexibility index (Phi) is 2.72. The van der Waals surface area contributed by atoms with Crippen molar-refractivity contribution in [3.05, 3.63) is 17.7 Å². The first-order valence-electron chi connectivity index (χ1n) is 6.62. The number of imidazole rings is 1. The van der Waals surface area contributed by atoms with Crippen molar-refractivity contribution < 1.29 is 0 Å². The first kappa shape index (κ1) is 10.3. The quantitative estimate of drug-likeness (QED) is 0.842. The summed E-state index contributed by atoms with van der Waals surface area (Å²) < 4.78 is 2.41. The second kappa shape index (κ2) is 4.21. The largest absolute Gasteiger partial charge is 0.334 e. The van der Waals surface area contributed by atoms with Gasteiger partial charge >= 0.3 is 0 Å². The molecule has 1 aromatic rings. The van der Waals surface area contributed by atoms with E-state index >= 15 is 0 Å². The van der Waals surface area contributed by atoms with E-state index in [-0.39, 0.29) is 0 Å². The maximum Gasteiger partial charge on any atom is 0.0951 e. The Morgan fingerprint density at radius 1 is 1.38 bits per heavy atom. The van der Waals surface area contributed by atoms with E-state index in [1.54, 1.807) is 0 Å². The third-order valence-corrected chi connectivity index (χ3v) is 4.00. The van der Waals surface area contributed by atoms with Crippen LogP contribution >= 0.6 is 0 Å². The average Bonchev–Trinajstić information content (AvgIpc) is 3.01. The number of fused-ring (bicyclic) bond motifs is 1. The molecular weight excluding hydrogens is 198 g/mol. The van der Waals surface area contributed by atoms with Crippen molar-refractivity contribution in [3.63, 3.8) is 0 Å². The molecule has 1 aromatic heterocycles. The summed E-state index contributed by atoms with van der Waals surface area (Å²) in [6, 6.07) is 0. The van der Waals surface area contributed by atoms with Crippen LogP contribution in [0.4, 0.5) is 0 Å². The Hall–Kier alpha value is -0.830. The molecule has 1 saturated carbocycles. The molecule has 1 fully saturated rings. The van der Waals surface area contributed by atoms with Gasteiger partial charge < -0.3 is 10.3 Å². The van der Waals surface area contributed by atoms with Gasteiger partial charge in [0.15, 0.2) is 0 Å². The average molecular weight is 219 g/mol. The third-order valence-electron chi connectivity index (χ3n) is 4.00. The molecule has 2 aliphatic rings. The minimum Gasteiger partial charge on any atom is -0.334 e. The van der Waals surface area contributed by atoms with Crippen LogP contribution in [0.1, 0.15) is 49.4 Å². The van der Waals surface area contributed by atoms with Crippen LogP contribution in [0.15, 0.2) is 6.33 Å². The highest BCUT2D eigenvalue weighted by molar-refractivity contribution is 5.21. The van der Waals surface area contributed by atoms with Gasteiger partial charge in [-0.1, -0.05) is 0 Å².